The average molecular weight is 477 g/mol. The number of rotatable bonds is 8. The van der Waals surface area contributed by atoms with Crippen LogP contribution in [0.4, 0.5) is 0 Å². The van der Waals surface area contributed by atoms with Crippen molar-refractivity contribution in [2.24, 2.45) is 5.16 Å². The molecule has 2 aromatic carbocycles. The molecule has 0 bridgehead atoms. The summed E-state index contributed by atoms with van der Waals surface area (Å²) in [6.45, 7) is 6.32. The SMILES string of the molecule is CC(C)(C)O/N=C/c1ccc(COc2c(Cl)cc(OCC=C(Cl)Cl)cc2Cl)cc1. The van der Waals surface area contributed by atoms with Crippen molar-refractivity contribution in [1.82, 2.24) is 0 Å². The first-order valence-corrected chi connectivity index (χ1v) is 10.2. The van der Waals surface area contributed by atoms with Gasteiger partial charge in [-0.25, -0.2) is 0 Å². The molecular weight excluding hydrogens is 456 g/mol. The van der Waals surface area contributed by atoms with Crippen molar-refractivity contribution in [2.75, 3.05) is 6.61 Å². The minimum Gasteiger partial charge on any atom is -0.489 e. The molecule has 0 amide bonds. The Morgan fingerprint density at radius 2 is 1.62 bits per heavy atom. The Morgan fingerprint density at radius 1 is 1.00 bits per heavy atom. The molecule has 0 aliphatic heterocycles. The van der Waals surface area contributed by atoms with Crippen LogP contribution in [0.2, 0.25) is 10.0 Å². The second-order valence-electron chi connectivity index (χ2n) is 6.99. The fourth-order valence-electron chi connectivity index (χ4n) is 2.06. The van der Waals surface area contributed by atoms with Gasteiger partial charge in [-0.15, -0.1) is 0 Å². The summed E-state index contributed by atoms with van der Waals surface area (Å²) in [6, 6.07) is 10.9. The number of halogens is 4. The molecule has 29 heavy (non-hydrogen) atoms. The Balaban J connectivity index is 1.96. The van der Waals surface area contributed by atoms with E-state index in [0.717, 1.165) is 11.1 Å². The summed E-state index contributed by atoms with van der Waals surface area (Å²) in [5, 5.41) is 4.67. The molecule has 2 rings (SSSR count). The van der Waals surface area contributed by atoms with Gasteiger partial charge in [0.15, 0.2) is 5.75 Å². The van der Waals surface area contributed by atoms with Gasteiger partial charge in [0.25, 0.3) is 0 Å². The van der Waals surface area contributed by atoms with Gasteiger partial charge >= 0.3 is 0 Å². The molecule has 0 radical (unpaired) electrons. The lowest BCUT2D eigenvalue weighted by Crippen LogP contribution is -2.15. The number of hydrogen-bond donors (Lipinski definition) is 0. The van der Waals surface area contributed by atoms with Gasteiger partial charge in [0.05, 0.1) is 16.3 Å². The van der Waals surface area contributed by atoms with Crippen LogP contribution >= 0.6 is 46.4 Å². The van der Waals surface area contributed by atoms with Crippen LogP contribution in [0.25, 0.3) is 0 Å². The molecule has 0 aliphatic carbocycles. The van der Waals surface area contributed by atoms with Crippen LogP contribution in [-0.4, -0.2) is 18.4 Å². The second kappa shape index (κ2) is 11.0. The molecule has 0 saturated carbocycles. The van der Waals surface area contributed by atoms with Crippen molar-refractivity contribution in [3.8, 4) is 11.5 Å². The molecule has 2 aromatic rings. The van der Waals surface area contributed by atoms with E-state index in [-0.39, 0.29) is 16.7 Å². The quantitative estimate of drug-likeness (QED) is 0.294. The lowest BCUT2D eigenvalue weighted by molar-refractivity contribution is 0.00199. The minimum absolute atomic E-state index is 0.126. The predicted molar refractivity (Wildman–Crippen MR) is 121 cm³/mol. The summed E-state index contributed by atoms with van der Waals surface area (Å²) in [5.74, 6) is 0.870. The highest BCUT2D eigenvalue weighted by atomic mass is 35.5. The van der Waals surface area contributed by atoms with E-state index in [2.05, 4.69) is 5.16 Å². The van der Waals surface area contributed by atoms with Gasteiger partial charge in [0.1, 0.15) is 29.1 Å². The van der Waals surface area contributed by atoms with Crippen molar-refractivity contribution >= 4 is 52.6 Å². The first-order chi connectivity index (χ1) is 13.6. The van der Waals surface area contributed by atoms with Crippen molar-refractivity contribution in [2.45, 2.75) is 33.0 Å². The third kappa shape index (κ3) is 8.75. The van der Waals surface area contributed by atoms with Crippen LogP contribution in [-0.2, 0) is 11.4 Å². The molecule has 4 nitrogen and oxygen atoms in total. The molecule has 156 valence electrons. The minimum atomic E-state index is -0.322. The summed E-state index contributed by atoms with van der Waals surface area (Å²) >= 11 is 23.6. The largest absolute Gasteiger partial charge is 0.489 e. The molecule has 8 heteroatoms. The van der Waals surface area contributed by atoms with Crippen molar-refractivity contribution in [1.29, 1.82) is 0 Å². The Bertz CT molecular complexity index is 847. The van der Waals surface area contributed by atoms with E-state index in [9.17, 15) is 0 Å². The molecule has 0 unspecified atom stereocenters. The Hall–Kier alpha value is -1.59. The number of hydrogen-bond acceptors (Lipinski definition) is 4. The zero-order valence-corrected chi connectivity index (χ0v) is 19.2. The molecule has 0 atom stereocenters. The number of nitrogens with zero attached hydrogens (tertiary/aromatic N) is 1. The summed E-state index contributed by atoms with van der Waals surface area (Å²) < 4.78 is 11.4. The number of ether oxygens (including phenoxy) is 2. The first kappa shape index (κ1) is 23.7. The Labute approximate surface area is 190 Å². The average Bonchev–Trinajstić information content (AvgIpc) is 2.61. The Morgan fingerprint density at radius 3 is 2.17 bits per heavy atom. The maximum absolute atomic E-state index is 6.27. The third-order valence-electron chi connectivity index (χ3n) is 3.35. The predicted octanol–water partition coefficient (Wildman–Crippen LogP) is 7.42. The maximum atomic E-state index is 6.27. The molecular formula is C21H21Cl4NO3. The van der Waals surface area contributed by atoms with Gasteiger partial charge in [0, 0.05) is 12.1 Å². The molecule has 0 N–H and O–H groups in total. The molecule has 0 fully saturated rings. The van der Waals surface area contributed by atoms with Gasteiger partial charge in [-0.3, -0.25) is 0 Å². The van der Waals surface area contributed by atoms with Crippen LogP contribution in [0.5, 0.6) is 11.5 Å². The highest BCUT2D eigenvalue weighted by Crippen LogP contribution is 2.37. The number of oxime groups is 1. The fourth-order valence-corrected chi connectivity index (χ4v) is 2.76. The smallest absolute Gasteiger partial charge is 0.157 e. The standard InChI is InChI=1S/C21H21Cl4NO3/c1-21(2,3)29-26-12-14-4-6-15(7-5-14)13-28-20-17(22)10-16(11-18(20)23)27-9-8-19(24)25/h4-8,10-12H,9,13H2,1-3H3/b26-12+. The van der Waals surface area contributed by atoms with Gasteiger partial charge in [-0.05, 0) is 38.0 Å². The third-order valence-corrected chi connectivity index (χ3v) is 4.22. The fraction of sp³-hybridized carbons (Fsp3) is 0.286. The van der Waals surface area contributed by atoms with Gasteiger partial charge in [0.2, 0.25) is 0 Å². The highest BCUT2D eigenvalue weighted by Gasteiger charge is 2.11. The van der Waals surface area contributed by atoms with E-state index in [4.69, 9.17) is 60.7 Å². The summed E-state index contributed by atoms with van der Waals surface area (Å²) in [7, 11) is 0. The van der Waals surface area contributed by atoms with Crippen molar-refractivity contribution in [3.63, 3.8) is 0 Å². The van der Waals surface area contributed by atoms with Crippen LogP contribution in [0.1, 0.15) is 31.9 Å². The lowest BCUT2D eigenvalue weighted by atomic mass is 10.1. The first-order valence-electron chi connectivity index (χ1n) is 8.70. The van der Waals surface area contributed by atoms with Crippen LogP contribution in [0.15, 0.2) is 52.1 Å². The van der Waals surface area contributed by atoms with Gasteiger partial charge in [-0.1, -0.05) is 75.8 Å². The van der Waals surface area contributed by atoms with Crippen molar-refractivity contribution in [3.05, 3.63) is 68.1 Å². The topological polar surface area (TPSA) is 40.0 Å². The van der Waals surface area contributed by atoms with E-state index >= 15 is 0 Å². The summed E-state index contributed by atoms with van der Waals surface area (Å²) in [5.41, 5.74) is 1.55. The normalized spacial score (nSPS) is 11.4. The molecule has 0 aliphatic rings. The monoisotopic (exact) mass is 475 g/mol. The van der Waals surface area contributed by atoms with Crippen LogP contribution in [0.3, 0.4) is 0 Å². The second-order valence-corrected chi connectivity index (χ2v) is 8.81. The van der Waals surface area contributed by atoms with Crippen molar-refractivity contribution < 1.29 is 14.3 Å². The maximum Gasteiger partial charge on any atom is 0.157 e. The lowest BCUT2D eigenvalue weighted by Gasteiger charge is -2.14. The molecule has 0 heterocycles. The van der Waals surface area contributed by atoms with E-state index in [1.54, 1.807) is 18.3 Å². The van der Waals surface area contributed by atoms with E-state index in [1.807, 2.05) is 45.0 Å². The van der Waals surface area contributed by atoms with Gasteiger partial charge < -0.3 is 14.3 Å². The van der Waals surface area contributed by atoms with Gasteiger partial charge in [-0.2, -0.15) is 0 Å². The summed E-state index contributed by atoms with van der Waals surface area (Å²) in [6.07, 6.45) is 3.17. The van der Waals surface area contributed by atoms with E-state index in [1.165, 1.54) is 6.08 Å². The Kier molecular flexibility index (Phi) is 8.97. The van der Waals surface area contributed by atoms with E-state index < -0.39 is 0 Å². The van der Waals surface area contributed by atoms with Crippen LogP contribution in [0, 0.1) is 0 Å². The van der Waals surface area contributed by atoms with E-state index in [0.29, 0.717) is 28.2 Å². The summed E-state index contributed by atoms with van der Waals surface area (Å²) in [4.78, 5) is 5.33. The highest BCUT2D eigenvalue weighted by molar-refractivity contribution is 6.55. The number of benzene rings is 2. The van der Waals surface area contributed by atoms with Crippen LogP contribution < -0.4 is 9.47 Å². The molecule has 0 saturated heterocycles. The molecule has 0 spiro atoms. The zero-order valence-electron chi connectivity index (χ0n) is 16.2. The zero-order chi connectivity index (χ0) is 21.4. The molecule has 0 aromatic heterocycles.